The molecule has 0 aliphatic carbocycles. The Morgan fingerprint density at radius 2 is 1.75 bits per heavy atom. The van der Waals surface area contributed by atoms with Crippen LogP contribution in [0, 0.1) is 19.8 Å². The van der Waals surface area contributed by atoms with E-state index in [-0.39, 0.29) is 5.43 Å². The zero-order valence-electron chi connectivity index (χ0n) is 15.0. The van der Waals surface area contributed by atoms with Crippen LogP contribution in [0.2, 0.25) is 0 Å². The first-order valence-corrected chi connectivity index (χ1v) is 8.09. The third kappa shape index (κ3) is 4.51. The van der Waals surface area contributed by atoms with Crippen molar-refractivity contribution in [2.24, 2.45) is 5.92 Å². The minimum atomic E-state index is 0.0310. The van der Waals surface area contributed by atoms with Crippen molar-refractivity contribution in [2.75, 3.05) is 13.7 Å². The number of aromatic nitrogens is 1. The first-order chi connectivity index (χ1) is 11.4. The molecule has 1 aromatic carbocycles. The maximum Gasteiger partial charge on any atom is 0.182 e. The van der Waals surface area contributed by atoms with Crippen molar-refractivity contribution < 1.29 is 9.47 Å². The van der Waals surface area contributed by atoms with Crippen LogP contribution in [0.5, 0.6) is 11.5 Å². The van der Waals surface area contributed by atoms with Gasteiger partial charge in [-0.25, -0.2) is 0 Å². The predicted molar refractivity (Wildman–Crippen MR) is 98.7 cm³/mol. The van der Waals surface area contributed by atoms with Crippen molar-refractivity contribution in [2.45, 2.75) is 27.7 Å². The molecule has 0 aliphatic rings. The van der Waals surface area contributed by atoms with Crippen LogP contribution in [0.1, 0.15) is 30.8 Å². The van der Waals surface area contributed by atoms with E-state index in [9.17, 15) is 4.79 Å². The van der Waals surface area contributed by atoms with Gasteiger partial charge in [0, 0.05) is 29.7 Å². The van der Waals surface area contributed by atoms with Crippen LogP contribution >= 0.6 is 0 Å². The Morgan fingerprint density at radius 3 is 2.33 bits per heavy atom. The standard InChI is InChI=1S/C20H25NO3/c1-14(2)13-24-20-12-17(6-7-19(20)23-5)8-9-21-15(3)10-18(22)11-16(21)4/h6-12,14H,13H2,1-5H3/b9-8+. The Bertz CT molecular complexity index is 762. The molecule has 0 atom stereocenters. The smallest absolute Gasteiger partial charge is 0.182 e. The molecule has 0 aliphatic heterocycles. The number of hydrogen-bond acceptors (Lipinski definition) is 3. The molecule has 4 heteroatoms. The number of nitrogens with zero attached hydrogens (tertiary/aromatic N) is 1. The minimum Gasteiger partial charge on any atom is -0.493 e. The molecule has 0 bridgehead atoms. The fourth-order valence-electron chi connectivity index (χ4n) is 2.43. The number of ether oxygens (including phenoxy) is 2. The van der Waals surface area contributed by atoms with Gasteiger partial charge in [0.25, 0.3) is 0 Å². The first-order valence-electron chi connectivity index (χ1n) is 8.09. The number of hydrogen-bond donors (Lipinski definition) is 0. The molecule has 24 heavy (non-hydrogen) atoms. The summed E-state index contributed by atoms with van der Waals surface area (Å²) in [5, 5.41) is 0. The molecule has 0 amide bonds. The van der Waals surface area contributed by atoms with Crippen molar-refractivity contribution in [3.63, 3.8) is 0 Å². The van der Waals surface area contributed by atoms with E-state index in [1.807, 2.05) is 48.9 Å². The van der Waals surface area contributed by atoms with E-state index >= 15 is 0 Å². The number of pyridine rings is 1. The van der Waals surface area contributed by atoms with Crippen LogP contribution in [0.15, 0.2) is 35.1 Å². The maximum absolute atomic E-state index is 11.5. The molecule has 4 nitrogen and oxygen atoms in total. The highest BCUT2D eigenvalue weighted by Crippen LogP contribution is 2.29. The van der Waals surface area contributed by atoms with Crippen molar-refractivity contribution in [1.29, 1.82) is 0 Å². The van der Waals surface area contributed by atoms with Gasteiger partial charge in [0.05, 0.1) is 13.7 Å². The zero-order valence-corrected chi connectivity index (χ0v) is 15.0. The summed E-state index contributed by atoms with van der Waals surface area (Å²) in [6.07, 6.45) is 3.95. The molecule has 2 aromatic rings. The molecule has 0 spiro atoms. The largest absolute Gasteiger partial charge is 0.493 e. The molecule has 0 radical (unpaired) electrons. The van der Waals surface area contributed by atoms with Gasteiger partial charge in [-0.05, 0) is 43.5 Å². The van der Waals surface area contributed by atoms with Crippen LogP contribution in [0.4, 0.5) is 0 Å². The number of benzene rings is 1. The molecule has 0 saturated heterocycles. The topological polar surface area (TPSA) is 40.5 Å². The summed E-state index contributed by atoms with van der Waals surface area (Å²) in [6, 6.07) is 9.10. The average molecular weight is 327 g/mol. The second-order valence-electron chi connectivity index (χ2n) is 6.27. The van der Waals surface area contributed by atoms with E-state index in [0.29, 0.717) is 12.5 Å². The van der Waals surface area contributed by atoms with Gasteiger partial charge in [-0.15, -0.1) is 0 Å². The summed E-state index contributed by atoms with van der Waals surface area (Å²) in [7, 11) is 1.64. The lowest BCUT2D eigenvalue weighted by Gasteiger charge is -2.13. The lowest BCUT2D eigenvalue weighted by atomic mass is 10.2. The fourth-order valence-corrected chi connectivity index (χ4v) is 2.43. The molecule has 0 saturated carbocycles. The van der Waals surface area contributed by atoms with E-state index < -0.39 is 0 Å². The van der Waals surface area contributed by atoms with Crippen molar-refractivity contribution in [3.8, 4) is 11.5 Å². The highest BCUT2D eigenvalue weighted by Gasteiger charge is 2.06. The lowest BCUT2D eigenvalue weighted by Crippen LogP contribution is -2.08. The number of aryl methyl sites for hydroxylation is 2. The molecule has 0 fully saturated rings. The van der Waals surface area contributed by atoms with E-state index in [1.165, 1.54) is 0 Å². The molecule has 128 valence electrons. The number of rotatable bonds is 6. The summed E-state index contributed by atoms with van der Waals surface area (Å²) >= 11 is 0. The normalized spacial score (nSPS) is 11.2. The highest BCUT2D eigenvalue weighted by molar-refractivity contribution is 5.64. The third-order valence-corrected chi connectivity index (χ3v) is 3.64. The summed E-state index contributed by atoms with van der Waals surface area (Å²) in [5.41, 5.74) is 2.85. The second-order valence-corrected chi connectivity index (χ2v) is 6.27. The molecule has 1 heterocycles. The number of methoxy groups -OCH3 is 1. The Hall–Kier alpha value is -2.49. The Morgan fingerprint density at radius 1 is 1.08 bits per heavy atom. The summed E-state index contributed by atoms with van der Waals surface area (Å²) in [4.78, 5) is 11.5. The Kier molecular flexibility index (Phi) is 5.85. The van der Waals surface area contributed by atoms with Crippen molar-refractivity contribution in [1.82, 2.24) is 4.57 Å². The SMILES string of the molecule is COc1ccc(/C=C/n2c(C)cc(=O)cc2C)cc1OCC(C)C. The third-order valence-electron chi connectivity index (χ3n) is 3.64. The molecule has 2 rings (SSSR count). The highest BCUT2D eigenvalue weighted by atomic mass is 16.5. The average Bonchev–Trinajstić information content (AvgIpc) is 2.52. The van der Waals surface area contributed by atoms with Gasteiger partial charge in [0.15, 0.2) is 16.9 Å². The van der Waals surface area contributed by atoms with Gasteiger partial charge >= 0.3 is 0 Å². The second kappa shape index (κ2) is 7.86. The minimum absolute atomic E-state index is 0.0310. The van der Waals surface area contributed by atoms with Gasteiger partial charge < -0.3 is 14.0 Å². The molecular formula is C20H25NO3. The lowest BCUT2D eigenvalue weighted by molar-refractivity contribution is 0.257. The van der Waals surface area contributed by atoms with E-state index in [0.717, 1.165) is 28.5 Å². The van der Waals surface area contributed by atoms with E-state index in [2.05, 4.69) is 13.8 Å². The van der Waals surface area contributed by atoms with Gasteiger partial charge in [0.2, 0.25) is 0 Å². The van der Waals surface area contributed by atoms with Gasteiger partial charge in [0.1, 0.15) is 0 Å². The molecule has 0 unspecified atom stereocenters. The van der Waals surface area contributed by atoms with E-state index in [1.54, 1.807) is 19.2 Å². The van der Waals surface area contributed by atoms with Crippen LogP contribution < -0.4 is 14.9 Å². The van der Waals surface area contributed by atoms with Crippen molar-refractivity contribution in [3.05, 3.63) is 57.5 Å². The summed E-state index contributed by atoms with van der Waals surface area (Å²) in [6.45, 7) is 8.70. The Balaban J connectivity index is 2.29. The molecular weight excluding hydrogens is 302 g/mol. The summed E-state index contributed by atoms with van der Waals surface area (Å²) < 4.78 is 13.2. The van der Waals surface area contributed by atoms with Crippen LogP contribution in [-0.4, -0.2) is 18.3 Å². The molecule has 1 aromatic heterocycles. The Labute approximate surface area is 143 Å². The quantitative estimate of drug-likeness (QED) is 0.801. The van der Waals surface area contributed by atoms with Gasteiger partial charge in [-0.2, -0.15) is 0 Å². The summed E-state index contributed by atoms with van der Waals surface area (Å²) in [5.74, 6) is 1.91. The van der Waals surface area contributed by atoms with Crippen LogP contribution in [-0.2, 0) is 0 Å². The maximum atomic E-state index is 11.5. The van der Waals surface area contributed by atoms with Crippen LogP contribution in [0.25, 0.3) is 12.3 Å². The zero-order chi connectivity index (χ0) is 17.7. The van der Waals surface area contributed by atoms with Gasteiger partial charge in [-0.1, -0.05) is 19.9 Å². The van der Waals surface area contributed by atoms with Crippen LogP contribution in [0.3, 0.4) is 0 Å². The predicted octanol–water partition coefficient (Wildman–Crippen LogP) is 4.14. The van der Waals surface area contributed by atoms with Crippen molar-refractivity contribution >= 4 is 12.3 Å². The monoisotopic (exact) mass is 327 g/mol. The van der Waals surface area contributed by atoms with E-state index in [4.69, 9.17) is 9.47 Å². The molecule has 0 N–H and O–H groups in total. The van der Waals surface area contributed by atoms with Gasteiger partial charge in [-0.3, -0.25) is 4.79 Å². The first kappa shape index (κ1) is 17.9. The fraction of sp³-hybridized carbons (Fsp3) is 0.350.